The predicted molar refractivity (Wildman–Crippen MR) is 76.7 cm³/mol. The van der Waals surface area contributed by atoms with E-state index in [0.29, 0.717) is 10.0 Å². The summed E-state index contributed by atoms with van der Waals surface area (Å²) in [5.41, 5.74) is 0.482. The van der Waals surface area contributed by atoms with E-state index in [1.807, 2.05) is 0 Å². The zero-order chi connectivity index (χ0) is 13.8. The lowest BCUT2D eigenvalue weighted by molar-refractivity contribution is 0.0905. The number of likely N-dealkylation sites (N-methyl/N-ethyl adjacent to an activating group) is 1. The van der Waals surface area contributed by atoms with Gasteiger partial charge in [-0.05, 0) is 60.1 Å². The molecule has 1 saturated heterocycles. The largest absolute Gasteiger partial charge is 0.348 e. The Kier molecular flexibility index (Phi) is 4.93. The molecular formula is C14H18BrFN2O. The van der Waals surface area contributed by atoms with Crippen molar-refractivity contribution in [2.75, 3.05) is 19.6 Å². The van der Waals surface area contributed by atoms with E-state index in [1.54, 1.807) is 0 Å². The van der Waals surface area contributed by atoms with Crippen LogP contribution in [-0.4, -0.2) is 36.5 Å². The molecule has 5 heteroatoms. The van der Waals surface area contributed by atoms with E-state index in [2.05, 4.69) is 33.1 Å². The highest BCUT2D eigenvalue weighted by atomic mass is 79.9. The van der Waals surface area contributed by atoms with Crippen LogP contribution >= 0.6 is 15.9 Å². The van der Waals surface area contributed by atoms with E-state index in [1.165, 1.54) is 18.2 Å². The number of benzene rings is 1. The molecule has 0 spiro atoms. The van der Waals surface area contributed by atoms with Crippen LogP contribution < -0.4 is 5.32 Å². The minimum Gasteiger partial charge on any atom is -0.348 e. The van der Waals surface area contributed by atoms with Crippen LogP contribution in [0.2, 0.25) is 0 Å². The van der Waals surface area contributed by atoms with Crippen LogP contribution in [0, 0.1) is 5.82 Å². The Balaban J connectivity index is 2.00. The summed E-state index contributed by atoms with van der Waals surface area (Å²) < 4.78 is 13.5. The standard InChI is InChI=1S/C14H18BrFN2O/c1-2-18-7-3-4-11(9-18)17-14(19)12-6-5-10(16)8-13(12)15/h5-6,8,11H,2-4,7,9H2,1H3,(H,17,19). The Labute approximate surface area is 121 Å². The molecule has 0 bridgehead atoms. The van der Waals surface area contributed by atoms with Crippen LogP contribution in [0.25, 0.3) is 0 Å². The van der Waals surface area contributed by atoms with Gasteiger partial charge in [-0.15, -0.1) is 0 Å². The van der Waals surface area contributed by atoms with Crippen molar-refractivity contribution in [3.63, 3.8) is 0 Å². The number of amides is 1. The molecule has 1 aliphatic rings. The van der Waals surface area contributed by atoms with Gasteiger partial charge < -0.3 is 10.2 Å². The number of hydrogen-bond acceptors (Lipinski definition) is 2. The molecule has 3 nitrogen and oxygen atoms in total. The lowest BCUT2D eigenvalue weighted by Gasteiger charge is -2.32. The third-order valence-electron chi connectivity index (χ3n) is 3.46. The zero-order valence-corrected chi connectivity index (χ0v) is 12.5. The molecule has 0 saturated carbocycles. The maximum Gasteiger partial charge on any atom is 0.252 e. The lowest BCUT2D eigenvalue weighted by atomic mass is 10.1. The lowest BCUT2D eigenvalue weighted by Crippen LogP contribution is -2.47. The van der Waals surface area contributed by atoms with Gasteiger partial charge in [0.1, 0.15) is 5.82 Å². The number of rotatable bonds is 3. The first-order valence-corrected chi connectivity index (χ1v) is 7.37. The first-order chi connectivity index (χ1) is 9.10. The quantitative estimate of drug-likeness (QED) is 0.925. The summed E-state index contributed by atoms with van der Waals surface area (Å²) in [6.45, 7) is 5.12. The second-order valence-electron chi connectivity index (χ2n) is 4.83. The normalized spacial score (nSPS) is 20.3. The second-order valence-corrected chi connectivity index (χ2v) is 5.68. The summed E-state index contributed by atoms with van der Waals surface area (Å²) in [5, 5.41) is 3.03. The van der Waals surface area contributed by atoms with E-state index in [-0.39, 0.29) is 17.8 Å². The molecule has 0 radical (unpaired) electrons. The summed E-state index contributed by atoms with van der Waals surface area (Å²) in [6.07, 6.45) is 2.10. The van der Waals surface area contributed by atoms with Crippen LogP contribution in [0.3, 0.4) is 0 Å². The highest BCUT2D eigenvalue weighted by Crippen LogP contribution is 2.19. The average molecular weight is 329 g/mol. The van der Waals surface area contributed by atoms with Gasteiger partial charge in [0.05, 0.1) is 5.56 Å². The summed E-state index contributed by atoms with van der Waals surface area (Å²) >= 11 is 3.23. The van der Waals surface area contributed by atoms with E-state index in [0.717, 1.165) is 32.5 Å². The van der Waals surface area contributed by atoms with Gasteiger partial charge in [0.15, 0.2) is 0 Å². The zero-order valence-electron chi connectivity index (χ0n) is 11.0. The van der Waals surface area contributed by atoms with Crippen LogP contribution in [0.5, 0.6) is 0 Å². The van der Waals surface area contributed by atoms with Gasteiger partial charge in [0.25, 0.3) is 5.91 Å². The second kappa shape index (κ2) is 6.48. The van der Waals surface area contributed by atoms with Crippen molar-refractivity contribution >= 4 is 21.8 Å². The predicted octanol–water partition coefficient (Wildman–Crippen LogP) is 2.80. The number of piperidine rings is 1. The van der Waals surface area contributed by atoms with E-state index in [4.69, 9.17) is 0 Å². The molecule has 1 heterocycles. The van der Waals surface area contributed by atoms with Crippen molar-refractivity contribution in [2.45, 2.75) is 25.8 Å². The molecule has 1 amide bonds. The van der Waals surface area contributed by atoms with E-state index in [9.17, 15) is 9.18 Å². The van der Waals surface area contributed by atoms with Crippen LogP contribution in [0.15, 0.2) is 22.7 Å². The maximum atomic E-state index is 13.0. The van der Waals surface area contributed by atoms with Crippen molar-refractivity contribution in [3.8, 4) is 0 Å². The topological polar surface area (TPSA) is 32.3 Å². The van der Waals surface area contributed by atoms with Crippen molar-refractivity contribution in [2.24, 2.45) is 0 Å². The van der Waals surface area contributed by atoms with E-state index >= 15 is 0 Å². The molecule has 1 unspecified atom stereocenters. The summed E-state index contributed by atoms with van der Waals surface area (Å²) in [5.74, 6) is -0.493. The minimum absolute atomic E-state index is 0.144. The summed E-state index contributed by atoms with van der Waals surface area (Å²) in [6, 6.07) is 4.31. The fourth-order valence-corrected chi connectivity index (χ4v) is 2.93. The molecule has 1 aromatic rings. The molecule has 1 N–H and O–H groups in total. The number of nitrogens with zero attached hydrogens (tertiary/aromatic N) is 1. The Morgan fingerprint density at radius 3 is 3.05 bits per heavy atom. The average Bonchev–Trinajstić information content (AvgIpc) is 2.38. The Morgan fingerprint density at radius 2 is 2.37 bits per heavy atom. The van der Waals surface area contributed by atoms with Gasteiger partial charge >= 0.3 is 0 Å². The fraction of sp³-hybridized carbons (Fsp3) is 0.500. The van der Waals surface area contributed by atoms with Crippen molar-refractivity contribution < 1.29 is 9.18 Å². The Hall–Kier alpha value is -0.940. The van der Waals surface area contributed by atoms with Gasteiger partial charge in [0, 0.05) is 17.1 Å². The molecule has 104 valence electrons. The van der Waals surface area contributed by atoms with Gasteiger partial charge in [-0.25, -0.2) is 4.39 Å². The van der Waals surface area contributed by atoms with Gasteiger partial charge in [-0.1, -0.05) is 6.92 Å². The van der Waals surface area contributed by atoms with Gasteiger partial charge in [0.2, 0.25) is 0 Å². The van der Waals surface area contributed by atoms with Gasteiger partial charge in [-0.3, -0.25) is 4.79 Å². The Bertz CT molecular complexity index is 467. The summed E-state index contributed by atoms with van der Waals surface area (Å²) in [7, 11) is 0. The number of halogens is 2. The van der Waals surface area contributed by atoms with Crippen LogP contribution in [-0.2, 0) is 0 Å². The maximum absolute atomic E-state index is 13.0. The molecule has 0 aromatic heterocycles. The summed E-state index contributed by atoms with van der Waals surface area (Å²) in [4.78, 5) is 14.5. The highest BCUT2D eigenvalue weighted by Gasteiger charge is 2.21. The van der Waals surface area contributed by atoms with Crippen molar-refractivity contribution in [3.05, 3.63) is 34.1 Å². The smallest absolute Gasteiger partial charge is 0.252 e. The fourth-order valence-electron chi connectivity index (χ4n) is 2.40. The number of hydrogen-bond donors (Lipinski definition) is 1. The van der Waals surface area contributed by atoms with Crippen LogP contribution in [0.4, 0.5) is 4.39 Å². The molecule has 0 aliphatic carbocycles. The minimum atomic E-state index is -0.349. The molecule has 1 fully saturated rings. The monoisotopic (exact) mass is 328 g/mol. The highest BCUT2D eigenvalue weighted by molar-refractivity contribution is 9.10. The van der Waals surface area contributed by atoms with Crippen molar-refractivity contribution in [1.29, 1.82) is 0 Å². The first kappa shape index (κ1) is 14.5. The Morgan fingerprint density at radius 1 is 1.58 bits per heavy atom. The SMILES string of the molecule is CCN1CCCC(NC(=O)c2ccc(F)cc2Br)C1. The number of nitrogens with one attached hydrogen (secondary N) is 1. The molecule has 1 aromatic carbocycles. The van der Waals surface area contributed by atoms with Crippen LogP contribution in [0.1, 0.15) is 30.1 Å². The molecule has 2 rings (SSSR count). The number of carbonyl (C=O) groups excluding carboxylic acids is 1. The number of carbonyl (C=O) groups is 1. The molecule has 1 aliphatic heterocycles. The third kappa shape index (κ3) is 3.76. The first-order valence-electron chi connectivity index (χ1n) is 6.58. The van der Waals surface area contributed by atoms with E-state index < -0.39 is 0 Å². The molecule has 19 heavy (non-hydrogen) atoms. The van der Waals surface area contributed by atoms with Crippen molar-refractivity contribution in [1.82, 2.24) is 10.2 Å². The van der Waals surface area contributed by atoms with Gasteiger partial charge in [-0.2, -0.15) is 0 Å². The number of likely N-dealkylation sites (tertiary alicyclic amines) is 1. The molecular weight excluding hydrogens is 311 g/mol. The molecule has 1 atom stereocenters. The third-order valence-corrected chi connectivity index (χ3v) is 4.12.